The van der Waals surface area contributed by atoms with E-state index in [-0.39, 0.29) is 12.0 Å². The molecule has 2 aliphatic rings. The van der Waals surface area contributed by atoms with Gasteiger partial charge in [-0.25, -0.2) is 0 Å². The summed E-state index contributed by atoms with van der Waals surface area (Å²) in [6.45, 7) is 6.17. The molecule has 1 unspecified atom stereocenters. The summed E-state index contributed by atoms with van der Waals surface area (Å²) in [5.74, 6) is 0.681. The maximum Gasteiger partial charge on any atom is 0.324 e. The third-order valence-corrected chi connectivity index (χ3v) is 4.45. The molecule has 4 heteroatoms. The van der Waals surface area contributed by atoms with Crippen molar-refractivity contribution in [3.63, 3.8) is 0 Å². The van der Waals surface area contributed by atoms with Crippen molar-refractivity contribution < 1.29 is 9.53 Å². The van der Waals surface area contributed by atoms with E-state index in [0.717, 1.165) is 19.1 Å². The molecule has 104 valence electrons. The van der Waals surface area contributed by atoms with Gasteiger partial charge in [-0.3, -0.25) is 9.69 Å². The van der Waals surface area contributed by atoms with E-state index in [0.29, 0.717) is 12.6 Å². The van der Waals surface area contributed by atoms with Gasteiger partial charge in [0.1, 0.15) is 6.04 Å². The lowest BCUT2D eigenvalue weighted by molar-refractivity contribution is -0.149. The first-order valence-electron chi connectivity index (χ1n) is 7.37. The van der Waals surface area contributed by atoms with Gasteiger partial charge in [0.2, 0.25) is 0 Å². The Bertz CT molecular complexity index is 277. The lowest BCUT2D eigenvalue weighted by atomic mass is 9.84. The number of carbonyl (C=O) groups is 1. The van der Waals surface area contributed by atoms with E-state index in [9.17, 15) is 4.79 Å². The number of hydrogen-bond donors (Lipinski definition) is 1. The second-order valence-corrected chi connectivity index (χ2v) is 5.53. The molecule has 1 saturated heterocycles. The van der Waals surface area contributed by atoms with Gasteiger partial charge in [0, 0.05) is 19.3 Å². The Balaban J connectivity index is 1.94. The van der Waals surface area contributed by atoms with Gasteiger partial charge in [-0.2, -0.15) is 0 Å². The summed E-state index contributed by atoms with van der Waals surface area (Å²) < 4.78 is 5.17. The maximum absolute atomic E-state index is 11.9. The maximum atomic E-state index is 11.9. The van der Waals surface area contributed by atoms with Gasteiger partial charge in [0.05, 0.1) is 6.61 Å². The molecule has 2 atom stereocenters. The molecule has 0 aromatic heterocycles. The van der Waals surface area contributed by atoms with Crippen LogP contribution < -0.4 is 5.32 Å². The summed E-state index contributed by atoms with van der Waals surface area (Å²) >= 11 is 0. The normalized spacial score (nSPS) is 28.2. The molecule has 18 heavy (non-hydrogen) atoms. The zero-order chi connectivity index (χ0) is 13.0. The minimum atomic E-state index is -0.0816. The molecule has 4 nitrogen and oxygen atoms in total. The van der Waals surface area contributed by atoms with Crippen LogP contribution in [0.4, 0.5) is 0 Å². The minimum absolute atomic E-state index is 0.0647. The van der Waals surface area contributed by atoms with Gasteiger partial charge in [0.15, 0.2) is 0 Å². The number of rotatable bonds is 4. The predicted molar refractivity (Wildman–Crippen MR) is 71.2 cm³/mol. The second kappa shape index (κ2) is 6.53. The SMILES string of the molecule is CCOC(=O)C1CNCN1[C@H](C)C1CCCCC1. The highest BCUT2D eigenvalue weighted by Crippen LogP contribution is 2.30. The number of carbonyl (C=O) groups excluding carboxylic acids is 1. The van der Waals surface area contributed by atoms with Crippen molar-refractivity contribution in [1.82, 2.24) is 10.2 Å². The molecule has 0 spiro atoms. The fourth-order valence-corrected chi connectivity index (χ4v) is 3.33. The van der Waals surface area contributed by atoms with Crippen molar-refractivity contribution in [3.05, 3.63) is 0 Å². The number of hydrogen-bond acceptors (Lipinski definition) is 4. The number of nitrogens with one attached hydrogen (secondary N) is 1. The Labute approximate surface area is 110 Å². The summed E-state index contributed by atoms with van der Waals surface area (Å²) in [5, 5.41) is 3.31. The zero-order valence-corrected chi connectivity index (χ0v) is 11.7. The molecule has 1 N–H and O–H groups in total. The largest absolute Gasteiger partial charge is 0.465 e. The molecule has 1 aliphatic carbocycles. The molecule has 0 aromatic carbocycles. The van der Waals surface area contributed by atoms with Crippen molar-refractivity contribution in [1.29, 1.82) is 0 Å². The van der Waals surface area contributed by atoms with Crippen molar-refractivity contribution in [2.75, 3.05) is 19.8 Å². The van der Waals surface area contributed by atoms with Crippen molar-refractivity contribution >= 4 is 5.97 Å². The highest BCUT2D eigenvalue weighted by atomic mass is 16.5. The van der Waals surface area contributed by atoms with E-state index in [1.165, 1.54) is 32.1 Å². The topological polar surface area (TPSA) is 41.6 Å². The van der Waals surface area contributed by atoms with E-state index in [1.807, 2.05) is 6.92 Å². The fourth-order valence-electron chi connectivity index (χ4n) is 3.33. The molecule has 0 aromatic rings. The van der Waals surface area contributed by atoms with E-state index < -0.39 is 0 Å². The highest BCUT2D eigenvalue weighted by molar-refractivity contribution is 5.76. The quantitative estimate of drug-likeness (QED) is 0.776. The van der Waals surface area contributed by atoms with Crippen LogP contribution in [0.25, 0.3) is 0 Å². The summed E-state index contributed by atoms with van der Waals surface area (Å²) in [4.78, 5) is 14.2. The summed E-state index contributed by atoms with van der Waals surface area (Å²) in [6.07, 6.45) is 6.70. The molecule has 0 amide bonds. The van der Waals surface area contributed by atoms with Crippen LogP contribution in [0.5, 0.6) is 0 Å². The lowest BCUT2D eigenvalue weighted by Gasteiger charge is -2.36. The number of nitrogens with zero attached hydrogens (tertiary/aromatic N) is 1. The van der Waals surface area contributed by atoms with Gasteiger partial charge in [-0.15, -0.1) is 0 Å². The van der Waals surface area contributed by atoms with Crippen LogP contribution in [0, 0.1) is 5.92 Å². The first kappa shape index (κ1) is 13.8. The molecule has 1 aliphatic heterocycles. The van der Waals surface area contributed by atoms with Crippen LogP contribution in [0.2, 0.25) is 0 Å². The molecule has 2 fully saturated rings. The van der Waals surface area contributed by atoms with Gasteiger partial charge >= 0.3 is 5.97 Å². The average molecular weight is 254 g/mol. The standard InChI is InChI=1S/C14H26N2O2/c1-3-18-14(17)13-9-15-10-16(13)11(2)12-7-5-4-6-8-12/h11-13,15H,3-10H2,1-2H3/t11-,13?/m1/s1. The molecule has 0 radical (unpaired) electrons. The Morgan fingerprint density at radius 3 is 2.78 bits per heavy atom. The van der Waals surface area contributed by atoms with Crippen LogP contribution in [-0.2, 0) is 9.53 Å². The van der Waals surface area contributed by atoms with Crippen molar-refractivity contribution in [2.24, 2.45) is 5.92 Å². The molecule has 1 heterocycles. The third kappa shape index (κ3) is 3.04. The Kier molecular flexibility index (Phi) is 5.01. The smallest absolute Gasteiger partial charge is 0.324 e. The van der Waals surface area contributed by atoms with Gasteiger partial charge in [-0.05, 0) is 32.6 Å². The van der Waals surface area contributed by atoms with Crippen LogP contribution in [0.15, 0.2) is 0 Å². The van der Waals surface area contributed by atoms with Gasteiger partial charge in [-0.1, -0.05) is 19.3 Å². The zero-order valence-electron chi connectivity index (χ0n) is 11.7. The monoisotopic (exact) mass is 254 g/mol. The minimum Gasteiger partial charge on any atom is -0.465 e. The Hall–Kier alpha value is -0.610. The highest BCUT2D eigenvalue weighted by Gasteiger charge is 2.37. The molecule has 1 saturated carbocycles. The number of ether oxygens (including phenoxy) is 1. The average Bonchev–Trinajstić information content (AvgIpc) is 2.88. The fraction of sp³-hybridized carbons (Fsp3) is 0.929. The third-order valence-electron chi connectivity index (χ3n) is 4.45. The van der Waals surface area contributed by atoms with Crippen molar-refractivity contribution in [2.45, 2.75) is 58.0 Å². The lowest BCUT2D eigenvalue weighted by Crippen LogP contribution is -2.47. The Morgan fingerprint density at radius 1 is 1.39 bits per heavy atom. The van der Waals surface area contributed by atoms with E-state index in [2.05, 4.69) is 17.1 Å². The van der Waals surface area contributed by atoms with Crippen LogP contribution >= 0.6 is 0 Å². The molecular weight excluding hydrogens is 228 g/mol. The number of esters is 1. The summed E-state index contributed by atoms with van der Waals surface area (Å²) in [5.41, 5.74) is 0. The van der Waals surface area contributed by atoms with Crippen LogP contribution in [-0.4, -0.2) is 42.8 Å². The Morgan fingerprint density at radius 2 is 2.11 bits per heavy atom. The van der Waals surface area contributed by atoms with Crippen LogP contribution in [0.3, 0.4) is 0 Å². The predicted octanol–water partition coefficient (Wildman–Crippen LogP) is 1.75. The van der Waals surface area contributed by atoms with Crippen molar-refractivity contribution in [3.8, 4) is 0 Å². The van der Waals surface area contributed by atoms with Gasteiger partial charge < -0.3 is 10.1 Å². The van der Waals surface area contributed by atoms with Crippen LogP contribution in [0.1, 0.15) is 46.0 Å². The first-order valence-corrected chi connectivity index (χ1v) is 7.37. The summed E-state index contributed by atoms with van der Waals surface area (Å²) in [7, 11) is 0. The van der Waals surface area contributed by atoms with E-state index in [1.54, 1.807) is 0 Å². The molecule has 0 bridgehead atoms. The van der Waals surface area contributed by atoms with E-state index in [4.69, 9.17) is 4.74 Å². The van der Waals surface area contributed by atoms with E-state index >= 15 is 0 Å². The summed E-state index contributed by atoms with van der Waals surface area (Å²) in [6, 6.07) is 0.400. The molecule has 2 rings (SSSR count). The second-order valence-electron chi connectivity index (χ2n) is 5.53. The molecular formula is C14H26N2O2. The first-order chi connectivity index (χ1) is 8.74. The van der Waals surface area contributed by atoms with Gasteiger partial charge in [0.25, 0.3) is 0 Å².